The van der Waals surface area contributed by atoms with Crippen molar-refractivity contribution in [2.45, 2.75) is 38.6 Å². The number of hydrogen-bond donors (Lipinski definition) is 1. The summed E-state index contributed by atoms with van der Waals surface area (Å²) in [5.41, 5.74) is 2.16. The van der Waals surface area contributed by atoms with Gasteiger partial charge in [0, 0.05) is 43.6 Å². The number of carbonyl (C=O) groups excluding carboxylic acids is 1. The number of anilines is 2. The Morgan fingerprint density at radius 3 is 2.44 bits per heavy atom. The van der Waals surface area contributed by atoms with E-state index < -0.39 is 0 Å². The van der Waals surface area contributed by atoms with Gasteiger partial charge in [0.1, 0.15) is 0 Å². The first-order valence-corrected chi connectivity index (χ1v) is 9.84. The van der Waals surface area contributed by atoms with Gasteiger partial charge in [-0.15, -0.1) is 0 Å². The second-order valence-electron chi connectivity index (χ2n) is 7.95. The lowest BCUT2D eigenvalue weighted by Crippen LogP contribution is -2.38. The molecule has 1 N–H and O–H groups in total. The molecule has 0 radical (unpaired) electrons. The highest BCUT2D eigenvalue weighted by molar-refractivity contribution is 5.89. The van der Waals surface area contributed by atoms with Crippen LogP contribution in [0.1, 0.15) is 32.6 Å². The molecule has 0 aromatic heterocycles. The van der Waals surface area contributed by atoms with E-state index in [9.17, 15) is 4.79 Å². The second kappa shape index (κ2) is 7.24. The Morgan fingerprint density at radius 2 is 1.76 bits per heavy atom. The summed E-state index contributed by atoms with van der Waals surface area (Å²) in [6.07, 6.45) is 5.00. The van der Waals surface area contributed by atoms with Crippen LogP contribution in [0.25, 0.3) is 0 Å². The quantitative estimate of drug-likeness (QED) is 0.916. The highest BCUT2D eigenvalue weighted by atomic mass is 16.2. The molecule has 0 spiro atoms. The van der Waals surface area contributed by atoms with E-state index in [-0.39, 0.29) is 6.03 Å². The number of amides is 2. The van der Waals surface area contributed by atoms with E-state index in [1.165, 1.54) is 38.0 Å². The molecular weight excluding hydrogens is 312 g/mol. The number of carbonyl (C=O) groups is 1. The van der Waals surface area contributed by atoms with Gasteiger partial charge in [-0.2, -0.15) is 0 Å². The summed E-state index contributed by atoms with van der Waals surface area (Å²) in [4.78, 5) is 19.5. The van der Waals surface area contributed by atoms with E-state index in [0.29, 0.717) is 6.04 Å². The SMILES string of the molecule is C[C@@H]1CCN(c2ccc(NC(=O)N3CC[C@H](N4CCCC4)C3)cc2)C1. The summed E-state index contributed by atoms with van der Waals surface area (Å²) in [5.74, 6) is 0.776. The highest BCUT2D eigenvalue weighted by Gasteiger charge is 2.31. The third-order valence-corrected chi connectivity index (χ3v) is 6.02. The minimum atomic E-state index is 0.0456. The highest BCUT2D eigenvalue weighted by Crippen LogP contribution is 2.25. The largest absolute Gasteiger partial charge is 0.371 e. The van der Waals surface area contributed by atoms with Crippen molar-refractivity contribution in [3.8, 4) is 0 Å². The standard InChI is InChI=1S/C20H30N4O/c1-16-8-12-23(14-16)18-6-4-17(5-7-18)21-20(25)24-13-9-19(15-24)22-10-2-3-11-22/h4-7,16,19H,2-3,8-15H2,1H3,(H,21,25)/t16-,19+/m1/s1. The van der Waals surface area contributed by atoms with Gasteiger partial charge in [0.25, 0.3) is 0 Å². The Kier molecular flexibility index (Phi) is 4.84. The molecule has 0 saturated carbocycles. The first-order valence-electron chi connectivity index (χ1n) is 9.84. The first-order chi connectivity index (χ1) is 12.2. The molecule has 3 saturated heterocycles. The van der Waals surface area contributed by atoms with Crippen LogP contribution in [0.3, 0.4) is 0 Å². The van der Waals surface area contributed by atoms with Crippen LogP contribution in [-0.4, -0.2) is 61.1 Å². The predicted octanol–water partition coefficient (Wildman–Crippen LogP) is 3.23. The Balaban J connectivity index is 1.30. The lowest BCUT2D eigenvalue weighted by atomic mass is 10.2. The smallest absolute Gasteiger partial charge is 0.321 e. The zero-order chi connectivity index (χ0) is 17.2. The van der Waals surface area contributed by atoms with Crippen LogP contribution in [0.4, 0.5) is 16.2 Å². The molecule has 25 heavy (non-hydrogen) atoms. The Hall–Kier alpha value is -1.75. The third-order valence-electron chi connectivity index (χ3n) is 6.02. The van der Waals surface area contributed by atoms with Gasteiger partial charge < -0.3 is 15.1 Å². The lowest BCUT2D eigenvalue weighted by Gasteiger charge is -2.24. The average molecular weight is 342 g/mol. The van der Waals surface area contributed by atoms with E-state index in [2.05, 4.69) is 34.2 Å². The molecule has 2 amide bonds. The molecule has 5 heteroatoms. The minimum absolute atomic E-state index is 0.0456. The number of likely N-dealkylation sites (tertiary alicyclic amines) is 2. The molecule has 1 aromatic carbocycles. The van der Waals surface area contributed by atoms with Crippen molar-refractivity contribution >= 4 is 17.4 Å². The zero-order valence-corrected chi connectivity index (χ0v) is 15.3. The molecular formula is C20H30N4O. The molecule has 0 unspecified atom stereocenters. The number of benzene rings is 1. The molecule has 4 rings (SSSR count). The summed E-state index contributed by atoms with van der Waals surface area (Å²) >= 11 is 0. The molecule has 136 valence electrons. The maximum Gasteiger partial charge on any atom is 0.321 e. The topological polar surface area (TPSA) is 38.8 Å². The fraction of sp³-hybridized carbons (Fsp3) is 0.650. The van der Waals surface area contributed by atoms with Crippen molar-refractivity contribution in [3.05, 3.63) is 24.3 Å². The molecule has 0 bridgehead atoms. The Bertz CT molecular complexity index is 596. The van der Waals surface area contributed by atoms with E-state index in [4.69, 9.17) is 0 Å². The van der Waals surface area contributed by atoms with E-state index in [1.807, 2.05) is 17.0 Å². The van der Waals surface area contributed by atoms with Crippen LogP contribution in [0.5, 0.6) is 0 Å². The van der Waals surface area contributed by atoms with Gasteiger partial charge in [0.15, 0.2) is 0 Å². The fourth-order valence-electron chi connectivity index (χ4n) is 4.46. The van der Waals surface area contributed by atoms with Gasteiger partial charge in [-0.05, 0) is 69.0 Å². The van der Waals surface area contributed by atoms with Crippen LogP contribution in [0.15, 0.2) is 24.3 Å². The Morgan fingerprint density at radius 1 is 1.00 bits per heavy atom. The van der Waals surface area contributed by atoms with Gasteiger partial charge in [-0.25, -0.2) is 4.79 Å². The summed E-state index contributed by atoms with van der Waals surface area (Å²) in [6, 6.07) is 8.93. The van der Waals surface area contributed by atoms with Crippen molar-refractivity contribution in [2.75, 3.05) is 49.5 Å². The van der Waals surface area contributed by atoms with Crippen LogP contribution in [0.2, 0.25) is 0 Å². The maximum atomic E-state index is 12.5. The van der Waals surface area contributed by atoms with Gasteiger partial charge in [-0.1, -0.05) is 6.92 Å². The molecule has 5 nitrogen and oxygen atoms in total. The van der Waals surface area contributed by atoms with Crippen LogP contribution >= 0.6 is 0 Å². The summed E-state index contributed by atoms with van der Waals surface area (Å²) in [6.45, 7) is 8.73. The van der Waals surface area contributed by atoms with Crippen molar-refractivity contribution in [3.63, 3.8) is 0 Å². The van der Waals surface area contributed by atoms with E-state index in [1.54, 1.807) is 0 Å². The third kappa shape index (κ3) is 3.76. The van der Waals surface area contributed by atoms with Crippen molar-refractivity contribution in [1.82, 2.24) is 9.80 Å². The van der Waals surface area contributed by atoms with Crippen molar-refractivity contribution < 1.29 is 4.79 Å². The molecule has 2 atom stereocenters. The van der Waals surface area contributed by atoms with Crippen LogP contribution in [0, 0.1) is 5.92 Å². The number of hydrogen-bond acceptors (Lipinski definition) is 3. The van der Waals surface area contributed by atoms with Crippen molar-refractivity contribution in [2.24, 2.45) is 5.92 Å². The van der Waals surface area contributed by atoms with E-state index >= 15 is 0 Å². The summed E-state index contributed by atoms with van der Waals surface area (Å²) in [7, 11) is 0. The summed E-state index contributed by atoms with van der Waals surface area (Å²) in [5, 5.41) is 3.07. The minimum Gasteiger partial charge on any atom is -0.371 e. The summed E-state index contributed by atoms with van der Waals surface area (Å²) < 4.78 is 0. The normalized spacial score (nSPS) is 27.2. The van der Waals surface area contributed by atoms with E-state index in [0.717, 1.165) is 44.2 Å². The molecule has 1 aromatic rings. The number of urea groups is 1. The molecule has 3 heterocycles. The number of nitrogens with zero attached hydrogens (tertiary/aromatic N) is 3. The monoisotopic (exact) mass is 342 g/mol. The first kappa shape index (κ1) is 16.7. The van der Waals surface area contributed by atoms with Crippen LogP contribution < -0.4 is 10.2 Å². The van der Waals surface area contributed by atoms with Gasteiger partial charge >= 0.3 is 6.03 Å². The lowest BCUT2D eigenvalue weighted by molar-refractivity contribution is 0.210. The predicted molar refractivity (Wildman–Crippen MR) is 102 cm³/mol. The van der Waals surface area contributed by atoms with Gasteiger partial charge in [0.2, 0.25) is 0 Å². The molecule has 3 fully saturated rings. The second-order valence-corrected chi connectivity index (χ2v) is 7.95. The Labute approximate surface area is 151 Å². The molecule has 3 aliphatic heterocycles. The number of nitrogens with one attached hydrogen (secondary N) is 1. The van der Waals surface area contributed by atoms with Gasteiger partial charge in [-0.3, -0.25) is 4.90 Å². The van der Waals surface area contributed by atoms with Crippen molar-refractivity contribution in [1.29, 1.82) is 0 Å². The van der Waals surface area contributed by atoms with Crippen LogP contribution in [-0.2, 0) is 0 Å². The van der Waals surface area contributed by atoms with Gasteiger partial charge in [0.05, 0.1) is 0 Å². The maximum absolute atomic E-state index is 12.5. The zero-order valence-electron chi connectivity index (χ0n) is 15.3. The average Bonchev–Trinajstić information content (AvgIpc) is 3.36. The molecule has 3 aliphatic rings. The number of rotatable bonds is 3. The fourth-order valence-corrected chi connectivity index (χ4v) is 4.46. The molecule has 0 aliphatic carbocycles.